The third kappa shape index (κ3) is 3.84. The smallest absolute Gasteiger partial charge is 0.334 e. The second kappa shape index (κ2) is 8.39. The molecule has 1 heterocycles. The van der Waals surface area contributed by atoms with E-state index >= 15 is 0 Å². The lowest BCUT2D eigenvalue weighted by Crippen LogP contribution is -2.47. The van der Waals surface area contributed by atoms with E-state index in [1.165, 1.54) is 30.8 Å². The van der Waals surface area contributed by atoms with Crippen molar-refractivity contribution in [1.29, 1.82) is 0 Å². The molecule has 2 amide bonds. The molecule has 0 fully saturated rings. The summed E-state index contributed by atoms with van der Waals surface area (Å²) in [5.41, 5.74) is 1.08. The van der Waals surface area contributed by atoms with E-state index in [4.69, 9.17) is 4.74 Å². The number of hydrogen-bond donors (Lipinski definition) is 0. The van der Waals surface area contributed by atoms with Gasteiger partial charge >= 0.3 is 5.97 Å². The number of hydrogen-bond acceptors (Lipinski definition) is 6. The third-order valence-corrected chi connectivity index (χ3v) is 5.13. The lowest BCUT2D eigenvalue weighted by atomic mass is 10.1. The minimum atomic E-state index is -1.02. The van der Waals surface area contributed by atoms with Crippen LogP contribution in [0.5, 0.6) is 5.75 Å². The lowest BCUT2D eigenvalue weighted by Gasteiger charge is -2.24. The Morgan fingerprint density at radius 2 is 1.57 bits per heavy atom. The molecule has 0 radical (unpaired) electrons. The fraction of sp³-hybridized carbons (Fsp3) is 0.238. The summed E-state index contributed by atoms with van der Waals surface area (Å²) in [5.74, 6) is -0.927. The number of thioether (sulfide) groups is 1. The topological polar surface area (TPSA) is 80.8 Å². The van der Waals surface area contributed by atoms with Crippen LogP contribution >= 0.6 is 11.8 Å². The van der Waals surface area contributed by atoms with Crippen LogP contribution in [0.1, 0.15) is 44.4 Å². The van der Waals surface area contributed by atoms with E-state index < -0.39 is 23.8 Å². The van der Waals surface area contributed by atoms with Gasteiger partial charge < -0.3 is 4.74 Å². The summed E-state index contributed by atoms with van der Waals surface area (Å²) in [6.07, 6.45) is 2.17. The Labute approximate surface area is 166 Å². The van der Waals surface area contributed by atoms with Gasteiger partial charge in [0.2, 0.25) is 0 Å². The van der Waals surface area contributed by atoms with Crippen molar-refractivity contribution in [3.63, 3.8) is 0 Å². The van der Waals surface area contributed by atoms with Crippen molar-refractivity contribution < 1.29 is 23.9 Å². The first kappa shape index (κ1) is 19.8. The van der Waals surface area contributed by atoms with Gasteiger partial charge in [0, 0.05) is 5.56 Å². The van der Waals surface area contributed by atoms with Crippen LogP contribution in [0.25, 0.3) is 0 Å². The zero-order valence-electron chi connectivity index (χ0n) is 15.5. The molecule has 0 unspecified atom stereocenters. The van der Waals surface area contributed by atoms with Crippen LogP contribution in [0.15, 0.2) is 48.5 Å². The van der Waals surface area contributed by atoms with Crippen LogP contribution in [0.4, 0.5) is 0 Å². The second-order valence-corrected chi connectivity index (χ2v) is 7.31. The largest absolute Gasteiger partial charge is 0.425 e. The Morgan fingerprint density at radius 3 is 2.07 bits per heavy atom. The molecule has 0 aliphatic carbocycles. The predicted molar refractivity (Wildman–Crippen MR) is 106 cm³/mol. The SMILES string of the molecule is CSCC[C@H](C(=O)Oc1ccc(C(C)=O)cc1)N1C(=O)c2ccccc2C1=O. The van der Waals surface area contributed by atoms with Gasteiger partial charge in [0.25, 0.3) is 11.8 Å². The van der Waals surface area contributed by atoms with Crippen LogP contribution in [0.3, 0.4) is 0 Å². The Kier molecular flexibility index (Phi) is 5.94. The highest BCUT2D eigenvalue weighted by molar-refractivity contribution is 7.98. The number of esters is 1. The molecular weight excluding hydrogens is 378 g/mol. The number of nitrogens with zero attached hydrogens (tertiary/aromatic N) is 1. The number of benzene rings is 2. The first-order valence-electron chi connectivity index (χ1n) is 8.72. The van der Waals surface area contributed by atoms with Crippen molar-refractivity contribution in [1.82, 2.24) is 4.90 Å². The zero-order chi connectivity index (χ0) is 20.3. The van der Waals surface area contributed by atoms with E-state index in [0.717, 1.165) is 4.90 Å². The molecule has 0 saturated heterocycles. The van der Waals surface area contributed by atoms with E-state index in [2.05, 4.69) is 0 Å². The number of amides is 2. The van der Waals surface area contributed by atoms with E-state index in [0.29, 0.717) is 22.4 Å². The van der Waals surface area contributed by atoms with Crippen molar-refractivity contribution in [2.24, 2.45) is 0 Å². The summed E-state index contributed by atoms with van der Waals surface area (Å²) in [7, 11) is 0. The number of ether oxygens (including phenoxy) is 1. The molecule has 28 heavy (non-hydrogen) atoms. The molecule has 0 aromatic heterocycles. The van der Waals surface area contributed by atoms with Gasteiger partial charge in [-0.25, -0.2) is 4.79 Å². The van der Waals surface area contributed by atoms with Crippen molar-refractivity contribution in [2.75, 3.05) is 12.0 Å². The second-order valence-electron chi connectivity index (χ2n) is 6.32. The van der Waals surface area contributed by atoms with Gasteiger partial charge in [0.15, 0.2) is 5.78 Å². The summed E-state index contributed by atoms with van der Waals surface area (Å²) in [5, 5.41) is 0. The Balaban J connectivity index is 1.84. The molecule has 144 valence electrons. The number of rotatable bonds is 7. The fourth-order valence-corrected chi connectivity index (χ4v) is 3.47. The summed E-state index contributed by atoms with van der Waals surface area (Å²) in [6.45, 7) is 1.45. The van der Waals surface area contributed by atoms with E-state index in [9.17, 15) is 19.2 Å². The third-order valence-electron chi connectivity index (χ3n) is 4.48. The van der Waals surface area contributed by atoms with E-state index in [1.807, 2.05) is 6.26 Å². The zero-order valence-corrected chi connectivity index (χ0v) is 16.3. The average molecular weight is 397 g/mol. The van der Waals surface area contributed by atoms with Crippen molar-refractivity contribution in [3.8, 4) is 5.75 Å². The van der Waals surface area contributed by atoms with Gasteiger partial charge in [0.1, 0.15) is 11.8 Å². The Morgan fingerprint density at radius 1 is 1.00 bits per heavy atom. The quantitative estimate of drug-likeness (QED) is 0.309. The minimum Gasteiger partial charge on any atom is -0.425 e. The molecule has 7 heteroatoms. The maximum atomic E-state index is 12.8. The van der Waals surface area contributed by atoms with Gasteiger partial charge in [-0.3, -0.25) is 19.3 Å². The molecular formula is C21H19NO5S. The van der Waals surface area contributed by atoms with Crippen molar-refractivity contribution in [2.45, 2.75) is 19.4 Å². The highest BCUT2D eigenvalue weighted by Gasteiger charge is 2.43. The molecule has 0 bridgehead atoms. The van der Waals surface area contributed by atoms with Crippen LogP contribution < -0.4 is 4.74 Å². The Bertz CT molecular complexity index is 903. The number of carbonyl (C=O) groups is 4. The lowest BCUT2D eigenvalue weighted by molar-refractivity contribution is -0.138. The molecule has 0 N–H and O–H groups in total. The maximum absolute atomic E-state index is 12.8. The molecule has 1 aliphatic heterocycles. The molecule has 0 spiro atoms. The summed E-state index contributed by atoms with van der Waals surface area (Å²) in [4.78, 5) is 50.7. The van der Waals surface area contributed by atoms with Crippen LogP contribution in [-0.4, -0.2) is 46.5 Å². The number of fused-ring (bicyclic) bond motifs is 1. The summed E-state index contributed by atoms with van der Waals surface area (Å²) < 4.78 is 5.41. The van der Waals surface area contributed by atoms with Gasteiger partial charge in [-0.1, -0.05) is 12.1 Å². The number of carbonyl (C=O) groups excluding carboxylic acids is 4. The van der Waals surface area contributed by atoms with Gasteiger partial charge in [-0.05, 0) is 61.8 Å². The van der Waals surface area contributed by atoms with Crippen molar-refractivity contribution in [3.05, 3.63) is 65.2 Å². The first-order chi connectivity index (χ1) is 13.4. The minimum absolute atomic E-state index is 0.0956. The average Bonchev–Trinajstić information content (AvgIpc) is 2.94. The van der Waals surface area contributed by atoms with E-state index in [-0.39, 0.29) is 18.0 Å². The molecule has 2 aromatic rings. The molecule has 0 saturated carbocycles. The molecule has 1 atom stereocenters. The normalized spacial score (nSPS) is 14.0. The van der Waals surface area contributed by atoms with Crippen molar-refractivity contribution >= 4 is 35.3 Å². The standard InChI is InChI=1S/C21H19NO5S/c1-13(23)14-7-9-15(10-8-14)27-21(26)18(11-12-28-2)22-19(24)16-5-3-4-6-17(16)20(22)25/h3-10,18H,11-12H2,1-2H3/t18-/m1/s1. The summed E-state index contributed by atoms with van der Waals surface area (Å²) in [6, 6.07) is 11.6. The fourth-order valence-electron chi connectivity index (χ4n) is 3.01. The highest BCUT2D eigenvalue weighted by Crippen LogP contribution is 2.27. The summed E-state index contributed by atoms with van der Waals surface area (Å²) >= 11 is 1.51. The molecule has 6 nitrogen and oxygen atoms in total. The van der Waals surface area contributed by atoms with Crippen LogP contribution in [0, 0.1) is 0 Å². The molecule has 3 rings (SSSR count). The van der Waals surface area contributed by atoms with Gasteiger partial charge in [0.05, 0.1) is 11.1 Å². The Hall–Kier alpha value is -2.93. The van der Waals surface area contributed by atoms with Crippen LogP contribution in [0.2, 0.25) is 0 Å². The number of imide groups is 1. The highest BCUT2D eigenvalue weighted by atomic mass is 32.2. The molecule has 1 aliphatic rings. The molecule has 2 aromatic carbocycles. The van der Waals surface area contributed by atoms with Gasteiger partial charge in [-0.15, -0.1) is 0 Å². The monoisotopic (exact) mass is 397 g/mol. The maximum Gasteiger partial charge on any atom is 0.334 e. The van der Waals surface area contributed by atoms with Gasteiger partial charge in [-0.2, -0.15) is 11.8 Å². The first-order valence-corrected chi connectivity index (χ1v) is 10.1. The predicted octanol–water partition coefficient (Wildman–Crippen LogP) is 3.21. The van der Waals surface area contributed by atoms with E-state index in [1.54, 1.807) is 36.4 Å². The number of Topliss-reactive ketones (excluding diaryl/α,β-unsaturated/α-hetero) is 1. The van der Waals surface area contributed by atoms with Crippen LogP contribution in [-0.2, 0) is 4.79 Å². The number of ketones is 1.